The zero-order chi connectivity index (χ0) is 81.4. The van der Waals surface area contributed by atoms with E-state index in [1.807, 2.05) is 29.0 Å². The van der Waals surface area contributed by atoms with E-state index in [1.165, 1.54) is 45.9 Å². The number of rotatable bonds is 26. The molecule has 113 heavy (non-hydrogen) atoms. The van der Waals surface area contributed by atoms with E-state index >= 15 is 0 Å². The summed E-state index contributed by atoms with van der Waals surface area (Å²) in [6, 6.07) is 43.4. The van der Waals surface area contributed by atoms with Crippen LogP contribution in [0, 0.1) is 13.8 Å². The number of ether oxygens (including phenoxy) is 8. The topological polar surface area (TPSA) is 350 Å². The Bertz CT molecular complexity index is 4970. The summed E-state index contributed by atoms with van der Waals surface area (Å²) >= 11 is 57.9. The van der Waals surface area contributed by atoms with Crippen molar-refractivity contribution in [3.63, 3.8) is 0 Å². The number of benzene rings is 9. The van der Waals surface area contributed by atoms with Crippen LogP contribution in [0.1, 0.15) is 34.2 Å². The second kappa shape index (κ2) is 48.0. The number of nitrogens with zero attached hydrogens (tertiary/aromatic N) is 3. The second-order valence-electron chi connectivity index (χ2n) is 22.7. The van der Waals surface area contributed by atoms with Gasteiger partial charge in [0.2, 0.25) is 30.1 Å². The summed E-state index contributed by atoms with van der Waals surface area (Å²) in [4.78, 5) is 34.1. The molecule has 5 N–H and O–H groups in total. The fourth-order valence-electron chi connectivity index (χ4n) is 9.10. The van der Waals surface area contributed by atoms with Gasteiger partial charge in [-0.3, -0.25) is 14.4 Å². The fourth-order valence-corrected chi connectivity index (χ4v) is 17.7. The number of phenols is 1. The van der Waals surface area contributed by atoms with E-state index in [0.29, 0.717) is 53.1 Å². The Morgan fingerprint density at radius 1 is 0.469 bits per heavy atom. The van der Waals surface area contributed by atoms with Crippen molar-refractivity contribution < 1.29 is 118 Å². The molecule has 0 spiro atoms. The smallest absolute Gasteiger partial charge is 0.870 e. The Balaban J connectivity index is 0.000000398. The largest absolute Gasteiger partial charge is 1.00 e. The number of aromatic hydroxyl groups is 1. The average molecular weight is 1970 g/mol. The number of alkyl halides is 1. The number of carboxylic acid groups (broad SMARTS) is 1. The first-order valence-electron chi connectivity index (χ1n) is 31.7. The monoisotopic (exact) mass is 1960 g/mol. The van der Waals surface area contributed by atoms with Gasteiger partial charge in [0.05, 0.1) is 75.5 Å². The number of phenolic OH excluding ortho intramolecular Hbond substituents is 1. The first kappa shape index (κ1) is 101. The summed E-state index contributed by atoms with van der Waals surface area (Å²) in [7, 11) is -5.53. The minimum Gasteiger partial charge on any atom is -0.870 e. The molecule has 1 heterocycles. The van der Waals surface area contributed by atoms with Crippen LogP contribution < -0.4 is 52.0 Å². The Labute approximate surface area is 731 Å². The number of esters is 2. The Kier molecular flexibility index (Phi) is 43.0. The molecule has 1 saturated heterocycles. The molecule has 40 heteroatoms. The summed E-state index contributed by atoms with van der Waals surface area (Å²) in [5.41, 5.74) is 3.27. The van der Waals surface area contributed by atoms with E-state index < -0.39 is 78.3 Å². The summed E-state index contributed by atoms with van der Waals surface area (Å²) in [5.74, 6) is 0.293. The van der Waals surface area contributed by atoms with Crippen LogP contribution >= 0.6 is 141 Å². The van der Waals surface area contributed by atoms with Crippen LogP contribution in [0.2, 0.25) is 30.1 Å². The molecule has 25 nitrogen and oxygen atoms in total. The van der Waals surface area contributed by atoms with Gasteiger partial charge in [0.25, 0.3) is 0 Å². The molecule has 0 saturated carbocycles. The number of methoxy groups -OCH3 is 5. The molecule has 1 aliphatic rings. The molecule has 0 unspecified atom stereocenters. The minimum atomic E-state index is -4.21. The van der Waals surface area contributed by atoms with Crippen molar-refractivity contribution in [3.8, 4) is 57.5 Å². The maximum absolute atomic E-state index is 13.7. The third-order valence-corrected chi connectivity index (χ3v) is 24.0. The molecule has 0 atom stereocenters. The minimum absolute atomic E-state index is 0. The SMILES string of the molecule is COC(=O)CN(Cc1ccc(OC)cc1)S(=O)(=O)c1cc(Oc2c(Cl)cc(Br)cc2Cl)ccc1C.COC(=O)CNS(=O)(=O)c1cc(Oc2c(Cl)cc(Br)cc2Cl)ccc1O.COc1ccc(CCl)cc1.COc1ccc(CN(CC(=O)O)S(=O)(=O)c2cc(Oc3c(Cl)cc(Br)cc3Cl)ccc2C)cc1.ClN1CCC1.[Li+].[OH-].[OH-]. The van der Waals surface area contributed by atoms with Crippen LogP contribution in [-0.2, 0) is 72.9 Å². The second-order valence-corrected chi connectivity index (χ2v) is 34.2. The average Bonchev–Trinajstić information content (AvgIpc) is 0.781. The van der Waals surface area contributed by atoms with Gasteiger partial charge in [0.1, 0.15) is 64.8 Å². The Morgan fingerprint density at radius 2 is 0.770 bits per heavy atom. The van der Waals surface area contributed by atoms with E-state index in [-0.39, 0.29) is 117 Å². The molecule has 1 aliphatic heterocycles. The third-order valence-electron chi connectivity index (χ3n) is 15.0. The molecule has 0 aromatic heterocycles. The van der Waals surface area contributed by atoms with Crippen LogP contribution in [0.3, 0.4) is 0 Å². The van der Waals surface area contributed by atoms with Crippen molar-refractivity contribution in [1.29, 1.82) is 0 Å². The number of carbonyl (C=O) groups excluding carboxylic acids is 2. The maximum atomic E-state index is 13.7. The van der Waals surface area contributed by atoms with Gasteiger partial charge in [-0.25, -0.2) is 29.7 Å². The quantitative estimate of drug-likeness (QED) is 0.0196. The fraction of sp³-hybridized carbons (Fsp3) is 0.219. The van der Waals surface area contributed by atoms with Gasteiger partial charge in [-0.15, -0.1) is 11.6 Å². The molecule has 0 bridgehead atoms. The molecule has 9 aromatic rings. The van der Waals surface area contributed by atoms with Crippen molar-refractivity contribution in [2.45, 2.75) is 53.9 Å². The van der Waals surface area contributed by atoms with Crippen LogP contribution in [0.25, 0.3) is 0 Å². The number of aryl methyl sites for hydroxylation is 2. The number of halogens is 11. The zero-order valence-corrected chi connectivity index (χ0v) is 74.2. The van der Waals surface area contributed by atoms with Crippen molar-refractivity contribution in [3.05, 3.63) is 235 Å². The summed E-state index contributed by atoms with van der Waals surface area (Å²) in [6.07, 6.45) is 1.28. The van der Waals surface area contributed by atoms with Crippen molar-refractivity contribution >= 4 is 189 Å². The molecular weight excluding hydrogens is 1900 g/mol. The maximum Gasteiger partial charge on any atom is 1.00 e. The Morgan fingerprint density at radius 3 is 1.06 bits per heavy atom. The van der Waals surface area contributed by atoms with Crippen LogP contribution in [0.15, 0.2) is 192 Å². The van der Waals surface area contributed by atoms with E-state index in [2.05, 4.69) is 52.5 Å². The normalized spacial score (nSPS) is 11.5. The molecule has 1 fully saturated rings. The number of nitrogens with one attached hydrogen (secondary N) is 1. The first-order valence-corrected chi connectivity index (χ1v) is 41.6. The molecule has 9 aromatic carbocycles. The van der Waals surface area contributed by atoms with E-state index in [4.69, 9.17) is 126 Å². The number of sulfonamides is 3. The summed E-state index contributed by atoms with van der Waals surface area (Å²) < 4.78 is 128. The van der Waals surface area contributed by atoms with Gasteiger partial charge in [0, 0.05) is 63.7 Å². The molecule has 10 rings (SSSR count). The van der Waals surface area contributed by atoms with Crippen molar-refractivity contribution in [1.82, 2.24) is 17.8 Å². The first-order chi connectivity index (χ1) is 51.9. The molecule has 0 aliphatic carbocycles. The molecule has 0 radical (unpaired) electrons. The van der Waals surface area contributed by atoms with Gasteiger partial charge < -0.3 is 59.1 Å². The van der Waals surface area contributed by atoms with E-state index in [9.17, 15) is 49.9 Å². The predicted molar refractivity (Wildman–Crippen MR) is 440 cm³/mol. The standard InChI is InChI=1S/C24H22BrCl2NO6S.C23H20BrCl2NO6S.C15H12BrCl2NO6S.C8H9ClO.C3H6ClN.Li.2H2O/c1-15-4-7-19(34-24-20(26)10-17(25)11-21(24)27)12-22(15)35(30,31)28(14-23(29)33-3)13-16-5-8-18(32-2)9-6-16;1-14-3-6-18(33-23-19(25)9-16(24)10-20(23)26)11-21(14)34(30,31)27(13-22(28)29)12-15-4-7-17(32-2)8-5-15;1-24-14(21)7-19-26(22,23)13-6-9(2-3-12(13)20)25-15-10(17)4-8(16)5-11(15)18;1-10-8-4-2-7(6-9)3-5-8;4-5-2-1-3-5;;;/h4-12H,13-14H2,1-3H3;3-11H,12-13H2,1-2H3,(H,28,29);2-6,19-20H,7H2,1H3;2-5H,6H2,1H3;1-3H2;;2*1H2/q;;;;;+1;;/p-2. The number of hydrogen-bond donors (Lipinski definition) is 3. The van der Waals surface area contributed by atoms with Crippen molar-refractivity contribution in [2.24, 2.45) is 0 Å². The van der Waals surface area contributed by atoms with Gasteiger partial charge in [0.15, 0.2) is 17.2 Å². The summed E-state index contributed by atoms with van der Waals surface area (Å²) in [5, 5.41) is 20.6. The van der Waals surface area contributed by atoms with Crippen LogP contribution in [0.5, 0.6) is 57.5 Å². The van der Waals surface area contributed by atoms with Crippen LogP contribution in [0.4, 0.5) is 0 Å². The molecule has 0 amide bonds. The zero-order valence-electron chi connectivity index (χ0n) is 60.9. The number of hydrogen-bond acceptors (Lipinski definition) is 21. The van der Waals surface area contributed by atoms with Gasteiger partial charge in [-0.2, -0.15) is 13.3 Å². The van der Waals surface area contributed by atoms with Crippen molar-refractivity contribution in [2.75, 3.05) is 68.3 Å². The van der Waals surface area contributed by atoms with Gasteiger partial charge >= 0.3 is 36.8 Å². The summed E-state index contributed by atoms with van der Waals surface area (Å²) in [6.45, 7) is 3.45. The molecule has 606 valence electrons. The number of aliphatic carboxylic acids is 1. The van der Waals surface area contributed by atoms with Gasteiger partial charge in [-0.1, -0.05) is 166 Å². The van der Waals surface area contributed by atoms with Gasteiger partial charge in [-0.05, 0) is 157 Å². The predicted octanol–water partition coefficient (Wildman–Crippen LogP) is 16.0. The number of carboxylic acids is 1. The number of carbonyl (C=O) groups is 3. The third kappa shape index (κ3) is 30.8. The van der Waals surface area contributed by atoms with E-state index in [1.54, 1.807) is 135 Å². The van der Waals surface area contributed by atoms with Crippen LogP contribution in [-0.4, -0.2) is 146 Å². The molecular formula is C73H71Br3Cl8LiN4O21S3-. The van der Waals surface area contributed by atoms with E-state index in [0.717, 1.165) is 52.3 Å². The Hall–Kier alpha value is -6.04.